The average Bonchev–Trinajstić information content (AvgIpc) is 2.84. The van der Waals surface area contributed by atoms with Crippen molar-refractivity contribution >= 4 is 17.5 Å². The zero-order valence-corrected chi connectivity index (χ0v) is 12.0. The molecule has 0 saturated carbocycles. The molecule has 7 heteroatoms. The van der Waals surface area contributed by atoms with Gasteiger partial charge in [0.15, 0.2) is 0 Å². The lowest BCUT2D eigenvalue weighted by Gasteiger charge is -2.38. The number of anilines is 2. The molecule has 7 nitrogen and oxygen atoms in total. The summed E-state index contributed by atoms with van der Waals surface area (Å²) in [6, 6.07) is -0.0863. The summed E-state index contributed by atoms with van der Waals surface area (Å²) in [6.07, 6.45) is 2.28. The Labute approximate surface area is 123 Å². The highest BCUT2D eigenvalue weighted by atomic mass is 16.5. The summed E-state index contributed by atoms with van der Waals surface area (Å²) in [5, 5.41) is 11.5. The molecule has 3 rings (SSSR count). The number of carbonyl (C=O) groups is 1. The van der Waals surface area contributed by atoms with E-state index in [-0.39, 0.29) is 6.04 Å². The Morgan fingerprint density at radius 1 is 1.57 bits per heavy atom. The zero-order valence-electron chi connectivity index (χ0n) is 12.0. The Hall–Kier alpha value is -2.18. The number of piperidine rings is 1. The normalized spacial score (nSPS) is 24.3. The molecule has 0 radical (unpaired) electrons. The predicted molar refractivity (Wildman–Crippen MR) is 78.8 cm³/mol. The number of hydrogen-bond acceptors (Lipinski definition) is 5. The van der Waals surface area contributed by atoms with E-state index >= 15 is 0 Å². The lowest BCUT2D eigenvalue weighted by molar-refractivity contribution is 0.186. The molecule has 1 fully saturated rings. The van der Waals surface area contributed by atoms with Crippen LogP contribution in [0, 0.1) is 5.92 Å². The van der Waals surface area contributed by atoms with Crippen molar-refractivity contribution in [1.29, 1.82) is 0 Å². The number of carboxylic acid groups (broad SMARTS) is 1. The number of hydrogen-bond donors (Lipinski definition) is 3. The van der Waals surface area contributed by atoms with Gasteiger partial charge in [-0.2, -0.15) is 0 Å². The second-order valence-electron chi connectivity index (χ2n) is 5.84. The molecule has 2 aliphatic heterocycles. The number of ether oxygens (including phenoxy) is 1. The van der Waals surface area contributed by atoms with E-state index in [1.165, 1.54) is 0 Å². The maximum absolute atomic E-state index is 10.9. The number of fused-ring (bicyclic) bond motifs is 1. The molecule has 1 unspecified atom stereocenters. The highest BCUT2D eigenvalue weighted by Crippen LogP contribution is 2.38. The molecule has 1 saturated heterocycles. The minimum atomic E-state index is -0.981. The minimum absolute atomic E-state index is 0.0863. The van der Waals surface area contributed by atoms with Gasteiger partial charge >= 0.3 is 6.09 Å². The standard InChI is InChI=1S/C14H20N4O3/c1-8-4-9(17-14(19)20)7-18(6-8)12-10-2-3-21-13(10)16-5-11(12)15/h5,8-9,17H,2-4,6-7,15H2,1H3,(H,19,20)/t8?,9-/m0/s1. The van der Waals surface area contributed by atoms with Crippen molar-refractivity contribution in [2.24, 2.45) is 5.92 Å². The van der Waals surface area contributed by atoms with Crippen LogP contribution in [0.25, 0.3) is 0 Å². The number of aromatic nitrogens is 1. The van der Waals surface area contributed by atoms with Gasteiger partial charge in [0.05, 0.1) is 24.2 Å². The molecule has 1 aromatic rings. The highest BCUT2D eigenvalue weighted by Gasteiger charge is 2.30. The molecular formula is C14H20N4O3. The third-order valence-electron chi connectivity index (χ3n) is 4.03. The van der Waals surface area contributed by atoms with Gasteiger partial charge in [-0.15, -0.1) is 0 Å². The smallest absolute Gasteiger partial charge is 0.404 e. The maximum Gasteiger partial charge on any atom is 0.404 e. The summed E-state index contributed by atoms with van der Waals surface area (Å²) in [7, 11) is 0. The second kappa shape index (κ2) is 5.31. The van der Waals surface area contributed by atoms with Gasteiger partial charge in [0, 0.05) is 31.1 Å². The minimum Gasteiger partial charge on any atom is -0.477 e. The average molecular weight is 292 g/mol. The van der Waals surface area contributed by atoms with Crippen LogP contribution in [0.1, 0.15) is 18.9 Å². The summed E-state index contributed by atoms with van der Waals surface area (Å²) in [6.45, 7) is 4.23. The first kappa shape index (κ1) is 13.8. The fourth-order valence-corrected chi connectivity index (χ4v) is 3.33. The van der Waals surface area contributed by atoms with Crippen LogP contribution >= 0.6 is 0 Å². The summed E-state index contributed by atoms with van der Waals surface area (Å²) >= 11 is 0. The van der Waals surface area contributed by atoms with Gasteiger partial charge in [-0.1, -0.05) is 6.92 Å². The number of pyridine rings is 1. The van der Waals surface area contributed by atoms with Crippen molar-refractivity contribution < 1.29 is 14.6 Å². The molecule has 4 N–H and O–H groups in total. The summed E-state index contributed by atoms with van der Waals surface area (Å²) < 4.78 is 5.50. The van der Waals surface area contributed by atoms with Crippen molar-refractivity contribution in [2.75, 3.05) is 30.3 Å². The summed E-state index contributed by atoms with van der Waals surface area (Å²) in [5.74, 6) is 1.04. The number of nitrogens with zero attached hydrogens (tertiary/aromatic N) is 2. The molecule has 3 heterocycles. The van der Waals surface area contributed by atoms with Crippen LogP contribution in [0.15, 0.2) is 6.20 Å². The van der Waals surface area contributed by atoms with Gasteiger partial charge in [-0.05, 0) is 12.3 Å². The molecule has 1 aromatic heterocycles. The Balaban J connectivity index is 1.89. The van der Waals surface area contributed by atoms with E-state index in [0.29, 0.717) is 30.6 Å². The van der Waals surface area contributed by atoms with Crippen LogP contribution < -0.4 is 20.7 Å². The van der Waals surface area contributed by atoms with E-state index < -0.39 is 6.09 Å². The van der Waals surface area contributed by atoms with Gasteiger partial charge in [0.2, 0.25) is 5.88 Å². The van der Waals surface area contributed by atoms with Crippen molar-refractivity contribution in [3.63, 3.8) is 0 Å². The Morgan fingerprint density at radius 3 is 3.14 bits per heavy atom. The van der Waals surface area contributed by atoms with E-state index in [1.807, 2.05) is 0 Å². The van der Waals surface area contributed by atoms with Crippen LogP contribution in [0.2, 0.25) is 0 Å². The Bertz CT molecular complexity index is 563. The van der Waals surface area contributed by atoms with Crippen molar-refractivity contribution in [3.8, 4) is 5.88 Å². The molecule has 0 bridgehead atoms. The topological polar surface area (TPSA) is 101 Å². The van der Waals surface area contributed by atoms with Crippen molar-refractivity contribution in [3.05, 3.63) is 11.8 Å². The van der Waals surface area contributed by atoms with E-state index in [4.69, 9.17) is 15.6 Å². The number of rotatable bonds is 2. The molecule has 1 amide bonds. The lowest BCUT2D eigenvalue weighted by Crippen LogP contribution is -2.50. The molecule has 0 aliphatic carbocycles. The Kier molecular flexibility index (Phi) is 3.48. The number of nitrogen functional groups attached to an aromatic ring is 1. The largest absolute Gasteiger partial charge is 0.477 e. The quantitative estimate of drug-likeness (QED) is 0.754. The van der Waals surface area contributed by atoms with E-state index in [0.717, 1.165) is 30.6 Å². The van der Waals surface area contributed by atoms with Gasteiger partial charge in [0.1, 0.15) is 0 Å². The van der Waals surface area contributed by atoms with Crippen molar-refractivity contribution in [2.45, 2.75) is 25.8 Å². The summed E-state index contributed by atoms with van der Waals surface area (Å²) in [4.78, 5) is 17.3. The van der Waals surface area contributed by atoms with E-state index in [1.54, 1.807) is 6.20 Å². The molecule has 2 atom stereocenters. The predicted octanol–water partition coefficient (Wildman–Crippen LogP) is 1.08. The molecule has 114 valence electrons. The molecule has 2 aliphatic rings. The van der Waals surface area contributed by atoms with E-state index in [9.17, 15) is 4.79 Å². The fourth-order valence-electron chi connectivity index (χ4n) is 3.33. The second-order valence-corrected chi connectivity index (χ2v) is 5.84. The van der Waals surface area contributed by atoms with Crippen LogP contribution in [0.3, 0.4) is 0 Å². The van der Waals surface area contributed by atoms with Gasteiger partial charge < -0.3 is 25.8 Å². The van der Waals surface area contributed by atoms with E-state index in [2.05, 4.69) is 22.1 Å². The SMILES string of the molecule is CC1C[C@H](NC(=O)O)CN(c2c(N)cnc3c2CCO3)C1. The number of nitrogens with one attached hydrogen (secondary N) is 1. The molecule has 21 heavy (non-hydrogen) atoms. The van der Waals surface area contributed by atoms with Crippen molar-refractivity contribution in [1.82, 2.24) is 10.3 Å². The monoisotopic (exact) mass is 292 g/mol. The van der Waals surface area contributed by atoms with Gasteiger partial charge in [0.25, 0.3) is 0 Å². The first-order chi connectivity index (χ1) is 10.0. The van der Waals surface area contributed by atoms with Gasteiger partial charge in [-0.3, -0.25) is 0 Å². The maximum atomic E-state index is 10.9. The lowest BCUT2D eigenvalue weighted by atomic mass is 9.94. The number of amides is 1. The fraction of sp³-hybridized carbons (Fsp3) is 0.571. The van der Waals surface area contributed by atoms with Crippen LogP contribution in [0.4, 0.5) is 16.2 Å². The Morgan fingerprint density at radius 2 is 2.38 bits per heavy atom. The van der Waals surface area contributed by atoms with Crippen LogP contribution in [-0.4, -0.2) is 41.9 Å². The third kappa shape index (κ3) is 2.68. The van der Waals surface area contributed by atoms with Gasteiger partial charge in [-0.25, -0.2) is 9.78 Å². The molecular weight excluding hydrogens is 272 g/mol. The summed E-state index contributed by atoms with van der Waals surface area (Å²) in [5.41, 5.74) is 8.75. The first-order valence-electron chi connectivity index (χ1n) is 7.19. The molecule has 0 spiro atoms. The number of nitrogens with two attached hydrogens (primary N) is 1. The third-order valence-corrected chi connectivity index (χ3v) is 4.03. The van der Waals surface area contributed by atoms with Crippen LogP contribution in [-0.2, 0) is 6.42 Å². The molecule has 0 aromatic carbocycles. The first-order valence-corrected chi connectivity index (χ1v) is 7.19. The van der Waals surface area contributed by atoms with Crippen LogP contribution in [0.5, 0.6) is 5.88 Å². The highest BCUT2D eigenvalue weighted by molar-refractivity contribution is 5.74. The zero-order chi connectivity index (χ0) is 15.0.